The van der Waals surface area contributed by atoms with Crippen LogP contribution in [0.1, 0.15) is 5.69 Å². The Morgan fingerprint density at radius 3 is 2.89 bits per heavy atom. The van der Waals surface area contributed by atoms with Crippen molar-refractivity contribution in [2.75, 3.05) is 0 Å². The summed E-state index contributed by atoms with van der Waals surface area (Å²) in [5.74, 6) is -0.814. The number of benzene rings is 1. The van der Waals surface area contributed by atoms with Gasteiger partial charge in [0.25, 0.3) is 0 Å². The molecule has 0 atom stereocenters. The average Bonchev–Trinajstić information content (AvgIpc) is 2.83. The number of rotatable bonds is 4. The molecule has 1 heterocycles. The molecule has 0 spiro atoms. The SMILES string of the molecule is O=S(=O)(NCc1cn[nH]n1)c1cc(Br)ccc1F. The minimum absolute atomic E-state index is 0.0647. The van der Waals surface area contributed by atoms with Crippen LogP contribution in [0, 0.1) is 5.82 Å². The number of aromatic nitrogens is 3. The summed E-state index contributed by atoms with van der Waals surface area (Å²) in [6, 6.07) is 3.70. The van der Waals surface area contributed by atoms with Gasteiger partial charge in [0.1, 0.15) is 10.7 Å². The molecular weight excluding hydrogens is 327 g/mol. The van der Waals surface area contributed by atoms with Gasteiger partial charge in [-0.3, -0.25) is 0 Å². The van der Waals surface area contributed by atoms with Gasteiger partial charge in [0, 0.05) is 4.47 Å². The Kier molecular flexibility index (Phi) is 3.73. The molecular formula is C9H8BrFN4O2S. The Balaban J connectivity index is 2.22. The van der Waals surface area contributed by atoms with Crippen LogP contribution in [0.15, 0.2) is 33.8 Å². The van der Waals surface area contributed by atoms with E-state index in [9.17, 15) is 12.8 Å². The molecule has 1 aromatic carbocycles. The van der Waals surface area contributed by atoms with Gasteiger partial charge in [0.15, 0.2) is 0 Å². The van der Waals surface area contributed by atoms with E-state index in [0.717, 1.165) is 6.07 Å². The number of nitrogens with zero attached hydrogens (tertiary/aromatic N) is 2. The molecule has 0 aliphatic rings. The molecule has 18 heavy (non-hydrogen) atoms. The van der Waals surface area contributed by atoms with Gasteiger partial charge in [-0.25, -0.2) is 17.5 Å². The first-order chi connectivity index (χ1) is 8.49. The smallest absolute Gasteiger partial charge is 0.207 e. The van der Waals surface area contributed by atoms with Crippen molar-refractivity contribution in [3.8, 4) is 0 Å². The minimum Gasteiger partial charge on any atom is -0.207 e. The summed E-state index contributed by atoms with van der Waals surface area (Å²) >= 11 is 3.09. The Morgan fingerprint density at radius 1 is 1.44 bits per heavy atom. The van der Waals surface area contributed by atoms with Crippen molar-refractivity contribution >= 4 is 26.0 Å². The fourth-order valence-corrected chi connectivity index (χ4v) is 2.85. The first-order valence-corrected chi connectivity index (χ1v) is 7.06. The van der Waals surface area contributed by atoms with Crippen molar-refractivity contribution in [2.45, 2.75) is 11.4 Å². The zero-order chi connectivity index (χ0) is 13.2. The molecule has 6 nitrogen and oxygen atoms in total. The van der Waals surface area contributed by atoms with E-state index in [0.29, 0.717) is 10.2 Å². The van der Waals surface area contributed by atoms with Crippen molar-refractivity contribution in [1.82, 2.24) is 20.1 Å². The fourth-order valence-electron chi connectivity index (χ4n) is 1.24. The summed E-state index contributed by atoms with van der Waals surface area (Å²) in [5.41, 5.74) is 0.411. The predicted octanol–water partition coefficient (Wildman–Crippen LogP) is 1.18. The molecule has 0 saturated carbocycles. The van der Waals surface area contributed by atoms with Gasteiger partial charge < -0.3 is 0 Å². The number of sulfonamides is 1. The lowest BCUT2D eigenvalue weighted by Crippen LogP contribution is -2.24. The van der Waals surface area contributed by atoms with E-state index < -0.39 is 20.7 Å². The van der Waals surface area contributed by atoms with Crippen LogP contribution in [0.25, 0.3) is 0 Å². The molecule has 0 fully saturated rings. The molecule has 0 bridgehead atoms. The number of hydrogen-bond acceptors (Lipinski definition) is 4. The molecule has 2 N–H and O–H groups in total. The van der Waals surface area contributed by atoms with Crippen molar-refractivity contribution in [3.05, 3.63) is 40.4 Å². The number of H-pyrrole nitrogens is 1. The molecule has 0 unspecified atom stereocenters. The van der Waals surface area contributed by atoms with Crippen LogP contribution < -0.4 is 4.72 Å². The highest BCUT2D eigenvalue weighted by Gasteiger charge is 2.19. The number of halogens is 2. The van der Waals surface area contributed by atoms with Gasteiger partial charge in [-0.15, -0.1) is 0 Å². The molecule has 2 aromatic rings. The second kappa shape index (κ2) is 5.12. The van der Waals surface area contributed by atoms with Gasteiger partial charge in [-0.1, -0.05) is 15.9 Å². The second-order valence-corrected chi connectivity index (χ2v) is 6.01. The van der Waals surface area contributed by atoms with Gasteiger partial charge in [-0.05, 0) is 18.2 Å². The van der Waals surface area contributed by atoms with E-state index in [1.54, 1.807) is 0 Å². The topological polar surface area (TPSA) is 87.7 Å². The third-order valence-electron chi connectivity index (χ3n) is 2.09. The van der Waals surface area contributed by atoms with Crippen LogP contribution in [0.5, 0.6) is 0 Å². The second-order valence-electron chi connectivity index (χ2n) is 3.36. The summed E-state index contributed by atoms with van der Waals surface area (Å²) in [6.07, 6.45) is 1.37. The molecule has 0 saturated heterocycles. The zero-order valence-electron chi connectivity index (χ0n) is 8.89. The van der Waals surface area contributed by atoms with E-state index in [2.05, 4.69) is 36.1 Å². The first-order valence-electron chi connectivity index (χ1n) is 4.78. The van der Waals surface area contributed by atoms with Crippen LogP contribution >= 0.6 is 15.9 Å². The number of hydrogen-bond donors (Lipinski definition) is 2. The Morgan fingerprint density at radius 2 is 2.22 bits per heavy atom. The third-order valence-corrected chi connectivity index (χ3v) is 4.00. The van der Waals surface area contributed by atoms with Gasteiger partial charge >= 0.3 is 0 Å². The van der Waals surface area contributed by atoms with Crippen molar-refractivity contribution in [1.29, 1.82) is 0 Å². The van der Waals surface area contributed by atoms with Crippen molar-refractivity contribution in [3.63, 3.8) is 0 Å². The first kappa shape index (κ1) is 13.1. The van der Waals surface area contributed by atoms with E-state index in [1.165, 1.54) is 18.3 Å². The van der Waals surface area contributed by atoms with Gasteiger partial charge in [-0.2, -0.15) is 15.4 Å². The summed E-state index contributed by atoms with van der Waals surface area (Å²) in [6.45, 7) is -0.0647. The lowest BCUT2D eigenvalue weighted by molar-refractivity contribution is 0.556. The van der Waals surface area contributed by atoms with Crippen LogP contribution in [0.3, 0.4) is 0 Å². The van der Waals surface area contributed by atoms with Crippen molar-refractivity contribution in [2.24, 2.45) is 0 Å². The molecule has 96 valence electrons. The van der Waals surface area contributed by atoms with E-state index >= 15 is 0 Å². The van der Waals surface area contributed by atoms with E-state index in [1.807, 2.05) is 0 Å². The van der Waals surface area contributed by atoms with E-state index in [-0.39, 0.29) is 6.54 Å². The molecule has 9 heteroatoms. The Labute approximate surface area is 111 Å². The summed E-state index contributed by atoms with van der Waals surface area (Å²) in [4.78, 5) is -0.416. The van der Waals surface area contributed by atoms with E-state index in [4.69, 9.17) is 0 Å². The lowest BCUT2D eigenvalue weighted by atomic mass is 10.3. The van der Waals surface area contributed by atoms with Crippen LogP contribution in [-0.4, -0.2) is 23.8 Å². The molecule has 0 aliphatic heterocycles. The quantitative estimate of drug-likeness (QED) is 0.878. The zero-order valence-corrected chi connectivity index (χ0v) is 11.3. The maximum absolute atomic E-state index is 13.5. The highest BCUT2D eigenvalue weighted by atomic mass is 79.9. The average molecular weight is 335 g/mol. The van der Waals surface area contributed by atoms with Crippen LogP contribution in [0.2, 0.25) is 0 Å². The maximum Gasteiger partial charge on any atom is 0.243 e. The normalized spacial score (nSPS) is 11.7. The Bertz CT molecular complexity index is 645. The molecule has 1 aromatic heterocycles. The largest absolute Gasteiger partial charge is 0.243 e. The number of nitrogens with one attached hydrogen (secondary N) is 2. The Hall–Kier alpha value is -1.32. The van der Waals surface area contributed by atoms with Crippen LogP contribution in [0.4, 0.5) is 4.39 Å². The highest BCUT2D eigenvalue weighted by molar-refractivity contribution is 9.10. The third kappa shape index (κ3) is 2.92. The fraction of sp³-hybridized carbons (Fsp3) is 0.111. The standard InChI is InChI=1S/C9H8BrFN4O2S/c10-6-1-2-8(11)9(3-6)18(16,17)13-5-7-4-12-15-14-7/h1-4,13H,5H2,(H,12,14,15). The molecule has 0 amide bonds. The predicted molar refractivity (Wildman–Crippen MR) is 64.5 cm³/mol. The lowest BCUT2D eigenvalue weighted by Gasteiger charge is -2.06. The summed E-state index contributed by atoms with van der Waals surface area (Å²) < 4.78 is 39.9. The number of aromatic amines is 1. The molecule has 0 aliphatic carbocycles. The minimum atomic E-state index is -3.93. The monoisotopic (exact) mass is 334 g/mol. The van der Waals surface area contributed by atoms with Crippen molar-refractivity contribution < 1.29 is 12.8 Å². The summed E-state index contributed by atoms with van der Waals surface area (Å²) in [7, 11) is -3.93. The van der Waals surface area contributed by atoms with Crippen LogP contribution in [-0.2, 0) is 16.6 Å². The molecule has 0 radical (unpaired) electrons. The van der Waals surface area contributed by atoms with Gasteiger partial charge in [0.05, 0.1) is 18.4 Å². The molecule has 2 rings (SSSR count). The maximum atomic E-state index is 13.5. The van der Waals surface area contributed by atoms with Gasteiger partial charge in [0.2, 0.25) is 10.0 Å². The highest BCUT2D eigenvalue weighted by Crippen LogP contribution is 2.19. The summed E-state index contributed by atoms with van der Waals surface area (Å²) in [5, 5.41) is 9.57.